The maximum absolute atomic E-state index is 13.4. The zero-order valence-corrected chi connectivity index (χ0v) is 12.3. The molecule has 1 saturated heterocycles. The molecule has 1 unspecified atom stereocenters. The molecule has 1 fully saturated rings. The van der Waals surface area contributed by atoms with Gasteiger partial charge in [0.1, 0.15) is 5.83 Å². The van der Waals surface area contributed by atoms with Crippen LogP contribution >= 0.6 is 0 Å². The summed E-state index contributed by atoms with van der Waals surface area (Å²) in [5, 5.41) is 0. The van der Waals surface area contributed by atoms with E-state index < -0.39 is 0 Å². The van der Waals surface area contributed by atoms with Gasteiger partial charge in [-0.05, 0) is 26.0 Å². The van der Waals surface area contributed by atoms with E-state index in [0.29, 0.717) is 6.54 Å². The summed E-state index contributed by atoms with van der Waals surface area (Å²) in [7, 11) is 0. The molecule has 1 amide bonds. The highest BCUT2D eigenvalue weighted by Crippen LogP contribution is 2.15. The molecule has 5 heteroatoms. The number of amides is 1. The molecular weight excluding hydrogens is 257 g/mol. The van der Waals surface area contributed by atoms with Crippen LogP contribution in [0.1, 0.15) is 13.8 Å². The molecule has 0 aromatic rings. The third-order valence-electron chi connectivity index (χ3n) is 3.64. The third kappa shape index (κ3) is 5.27. The van der Waals surface area contributed by atoms with Crippen LogP contribution in [0.4, 0.5) is 4.39 Å². The lowest BCUT2D eigenvalue weighted by molar-refractivity contribution is -0.119. The first-order valence-electron chi connectivity index (χ1n) is 6.85. The first-order chi connectivity index (χ1) is 9.43. The van der Waals surface area contributed by atoms with Crippen LogP contribution < -0.4 is 5.73 Å². The molecular formula is C15H24FN3O. The Morgan fingerprint density at radius 1 is 1.40 bits per heavy atom. The number of hydrogen-bond donors (Lipinski definition) is 1. The normalized spacial score (nSPS) is 20.8. The van der Waals surface area contributed by atoms with E-state index in [1.807, 2.05) is 11.8 Å². The van der Waals surface area contributed by atoms with Crippen LogP contribution in [0, 0.1) is 0 Å². The van der Waals surface area contributed by atoms with E-state index in [4.69, 9.17) is 5.73 Å². The maximum Gasteiger partial charge on any atom is 0.231 e. The van der Waals surface area contributed by atoms with Gasteiger partial charge in [-0.3, -0.25) is 14.6 Å². The fraction of sp³-hybridized carbons (Fsp3) is 0.533. The van der Waals surface area contributed by atoms with Crippen LogP contribution in [0.15, 0.2) is 36.2 Å². The van der Waals surface area contributed by atoms with Crippen molar-refractivity contribution in [2.24, 2.45) is 5.73 Å². The summed E-state index contributed by atoms with van der Waals surface area (Å²) in [4.78, 5) is 15.2. The molecule has 1 aliphatic heterocycles. The number of piperazine rings is 1. The van der Waals surface area contributed by atoms with E-state index in [0.717, 1.165) is 31.8 Å². The van der Waals surface area contributed by atoms with Gasteiger partial charge < -0.3 is 5.73 Å². The Labute approximate surface area is 120 Å². The first kappa shape index (κ1) is 16.6. The Morgan fingerprint density at radius 2 is 2.00 bits per heavy atom. The Hall–Kier alpha value is -1.46. The summed E-state index contributed by atoms with van der Waals surface area (Å²) in [6.45, 7) is 11.1. The molecule has 1 atom stereocenters. The quantitative estimate of drug-likeness (QED) is 0.750. The van der Waals surface area contributed by atoms with Gasteiger partial charge in [-0.15, -0.1) is 0 Å². The number of allylic oxidation sites excluding steroid dienone is 4. The van der Waals surface area contributed by atoms with Crippen molar-refractivity contribution in [3.05, 3.63) is 36.2 Å². The highest BCUT2D eigenvalue weighted by Gasteiger charge is 2.22. The van der Waals surface area contributed by atoms with Crippen molar-refractivity contribution in [2.75, 3.05) is 32.7 Å². The van der Waals surface area contributed by atoms with Crippen LogP contribution in [0.5, 0.6) is 0 Å². The Kier molecular flexibility index (Phi) is 6.61. The molecule has 4 nitrogen and oxygen atoms in total. The molecule has 1 aliphatic rings. The minimum Gasteiger partial charge on any atom is -0.369 e. The topological polar surface area (TPSA) is 49.6 Å². The summed E-state index contributed by atoms with van der Waals surface area (Å²) in [5.74, 6) is -0.573. The van der Waals surface area contributed by atoms with Crippen molar-refractivity contribution in [2.45, 2.75) is 19.9 Å². The summed E-state index contributed by atoms with van der Waals surface area (Å²) in [6.07, 6.45) is 4.33. The Morgan fingerprint density at radius 3 is 2.50 bits per heavy atom. The number of hydrogen-bond acceptors (Lipinski definition) is 3. The maximum atomic E-state index is 13.4. The highest BCUT2D eigenvalue weighted by molar-refractivity contribution is 5.75. The average Bonchev–Trinajstić information content (AvgIpc) is 2.38. The molecule has 1 heterocycles. The summed E-state index contributed by atoms with van der Waals surface area (Å²) in [6, 6.07) is 0.176. The van der Waals surface area contributed by atoms with Gasteiger partial charge in [0.05, 0.1) is 6.54 Å². The summed E-state index contributed by atoms with van der Waals surface area (Å²) in [5.41, 5.74) is 6.17. The van der Waals surface area contributed by atoms with Crippen molar-refractivity contribution in [3.8, 4) is 0 Å². The molecule has 2 N–H and O–H groups in total. The van der Waals surface area contributed by atoms with Gasteiger partial charge in [0.15, 0.2) is 0 Å². The molecule has 0 aromatic heterocycles. The van der Waals surface area contributed by atoms with E-state index >= 15 is 0 Å². The fourth-order valence-electron chi connectivity index (χ4n) is 2.32. The molecule has 0 aromatic carbocycles. The lowest BCUT2D eigenvalue weighted by atomic mass is 10.1. The number of nitrogens with zero attached hydrogens (tertiary/aromatic N) is 2. The van der Waals surface area contributed by atoms with E-state index in [1.165, 1.54) is 12.2 Å². The number of halogens is 1. The predicted octanol–water partition coefficient (Wildman–Crippen LogP) is 1.46. The van der Waals surface area contributed by atoms with E-state index in [9.17, 15) is 9.18 Å². The number of nitrogens with two attached hydrogens (primary N) is 1. The van der Waals surface area contributed by atoms with Crippen LogP contribution in [0.3, 0.4) is 0 Å². The van der Waals surface area contributed by atoms with Crippen molar-refractivity contribution in [3.63, 3.8) is 0 Å². The Balaban J connectivity index is 2.54. The van der Waals surface area contributed by atoms with Crippen LogP contribution in [0.2, 0.25) is 0 Å². The molecule has 0 saturated carbocycles. The van der Waals surface area contributed by atoms with Crippen molar-refractivity contribution >= 4 is 5.91 Å². The van der Waals surface area contributed by atoms with Crippen molar-refractivity contribution < 1.29 is 9.18 Å². The van der Waals surface area contributed by atoms with Crippen LogP contribution in [-0.2, 0) is 4.79 Å². The molecule has 0 radical (unpaired) electrons. The third-order valence-corrected chi connectivity index (χ3v) is 3.64. The van der Waals surface area contributed by atoms with Gasteiger partial charge in [0.25, 0.3) is 0 Å². The van der Waals surface area contributed by atoms with Crippen molar-refractivity contribution in [1.29, 1.82) is 0 Å². The zero-order chi connectivity index (χ0) is 15.1. The average molecular weight is 281 g/mol. The minimum absolute atomic E-state index is 0.176. The number of rotatable bonds is 6. The SMILES string of the molecule is C=C/C=C(F)\C=C(\C)C(C)N1CCN(CC(N)=O)CC1. The van der Waals surface area contributed by atoms with Gasteiger partial charge in [0, 0.05) is 32.2 Å². The summed E-state index contributed by atoms with van der Waals surface area (Å²) < 4.78 is 13.4. The van der Waals surface area contributed by atoms with E-state index in [1.54, 1.807) is 6.08 Å². The van der Waals surface area contributed by atoms with Gasteiger partial charge in [-0.1, -0.05) is 18.2 Å². The number of carbonyl (C=O) groups excluding carboxylic acids is 1. The van der Waals surface area contributed by atoms with Gasteiger partial charge in [-0.2, -0.15) is 0 Å². The molecule has 0 spiro atoms. The highest BCUT2D eigenvalue weighted by atomic mass is 19.1. The molecule has 112 valence electrons. The Bertz CT molecular complexity index is 409. The largest absolute Gasteiger partial charge is 0.369 e. The minimum atomic E-state index is -0.292. The van der Waals surface area contributed by atoms with Crippen LogP contribution in [0.25, 0.3) is 0 Å². The van der Waals surface area contributed by atoms with Crippen LogP contribution in [-0.4, -0.2) is 54.5 Å². The number of carbonyl (C=O) groups is 1. The lowest BCUT2D eigenvalue weighted by Crippen LogP contribution is -2.51. The predicted molar refractivity (Wildman–Crippen MR) is 79.8 cm³/mol. The van der Waals surface area contributed by atoms with E-state index in [2.05, 4.69) is 18.4 Å². The zero-order valence-electron chi connectivity index (χ0n) is 12.3. The monoisotopic (exact) mass is 281 g/mol. The van der Waals surface area contributed by atoms with E-state index in [-0.39, 0.29) is 17.8 Å². The molecule has 0 aliphatic carbocycles. The smallest absolute Gasteiger partial charge is 0.231 e. The van der Waals surface area contributed by atoms with Crippen molar-refractivity contribution in [1.82, 2.24) is 9.80 Å². The standard InChI is InChI=1S/C15H24FN3O/c1-4-5-14(16)10-12(2)13(3)19-8-6-18(7-9-19)11-15(17)20/h4-5,10,13H,1,6-9,11H2,2-3H3,(H2,17,20)/b12-10-,14-5+. The second kappa shape index (κ2) is 7.97. The van der Waals surface area contributed by atoms with Gasteiger partial charge in [0.2, 0.25) is 5.91 Å². The number of primary amides is 1. The van der Waals surface area contributed by atoms with Gasteiger partial charge in [-0.25, -0.2) is 4.39 Å². The lowest BCUT2D eigenvalue weighted by Gasteiger charge is -2.38. The van der Waals surface area contributed by atoms with Gasteiger partial charge >= 0.3 is 0 Å². The second-order valence-electron chi connectivity index (χ2n) is 5.13. The summed E-state index contributed by atoms with van der Waals surface area (Å²) >= 11 is 0. The second-order valence-corrected chi connectivity index (χ2v) is 5.13. The molecule has 20 heavy (non-hydrogen) atoms. The fourth-order valence-corrected chi connectivity index (χ4v) is 2.32. The first-order valence-corrected chi connectivity index (χ1v) is 6.85. The molecule has 1 rings (SSSR count). The molecule has 0 bridgehead atoms.